The van der Waals surface area contributed by atoms with Gasteiger partial charge in [0.05, 0.1) is 10.6 Å². The van der Waals surface area contributed by atoms with Crippen LogP contribution < -0.4 is 10.6 Å². The lowest BCUT2D eigenvalue weighted by Crippen LogP contribution is -2.37. The van der Waals surface area contributed by atoms with Crippen molar-refractivity contribution in [3.63, 3.8) is 0 Å². The summed E-state index contributed by atoms with van der Waals surface area (Å²) in [5.41, 5.74) is 3.16. The molecule has 0 spiro atoms. The summed E-state index contributed by atoms with van der Waals surface area (Å²) in [6.07, 6.45) is 3.41. The molecule has 0 unspecified atom stereocenters. The Morgan fingerprint density at radius 1 is 1.16 bits per heavy atom. The van der Waals surface area contributed by atoms with E-state index in [1.54, 1.807) is 44.5 Å². The van der Waals surface area contributed by atoms with Crippen molar-refractivity contribution in [3.8, 4) is 11.5 Å². The highest BCUT2D eigenvalue weighted by molar-refractivity contribution is 7.90. The fraction of sp³-hybridized carbons (Fsp3) is 0.273. The maximum absolute atomic E-state index is 13.0. The van der Waals surface area contributed by atoms with Gasteiger partial charge in [0.1, 0.15) is 12.1 Å². The van der Waals surface area contributed by atoms with Crippen LogP contribution in [0.15, 0.2) is 63.0 Å². The first kappa shape index (κ1) is 22.5. The van der Waals surface area contributed by atoms with Crippen molar-refractivity contribution < 1.29 is 17.2 Å². The monoisotopic (exact) mass is 444 g/mol. The molecule has 0 atom stereocenters. The van der Waals surface area contributed by atoms with Gasteiger partial charge in [-0.25, -0.2) is 17.8 Å². The predicted molar refractivity (Wildman–Crippen MR) is 118 cm³/mol. The number of aliphatic imine (C=N–C) groups is 1. The van der Waals surface area contributed by atoms with E-state index >= 15 is 0 Å². The summed E-state index contributed by atoms with van der Waals surface area (Å²) in [7, 11) is -1.55. The van der Waals surface area contributed by atoms with Gasteiger partial charge in [-0.05, 0) is 48.4 Å². The first-order chi connectivity index (χ1) is 14.8. The van der Waals surface area contributed by atoms with Crippen LogP contribution in [0.2, 0.25) is 0 Å². The van der Waals surface area contributed by atoms with Crippen LogP contribution in [0.3, 0.4) is 0 Å². The van der Waals surface area contributed by atoms with Crippen molar-refractivity contribution in [2.75, 3.05) is 19.8 Å². The molecule has 3 aromatic rings. The van der Waals surface area contributed by atoms with Gasteiger partial charge in [0.15, 0.2) is 15.8 Å². The number of nitrogens with one attached hydrogen (secondary N) is 2. The summed E-state index contributed by atoms with van der Waals surface area (Å²) in [6.45, 7) is 2.87. The van der Waals surface area contributed by atoms with Gasteiger partial charge in [0.2, 0.25) is 5.89 Å². The van der Waals surface area contributed by atoms with Crippen molar-refractivity contribution in [3.05, 3.63) is 71.4 Å². The maximum Gasteiger partial charge on any atom is 0.226 e. The fourth-order valence-electron chi connectivity index (χ4n) is 3.10. The van der Waals surface area contributed by atoms with E-state index in [0.29, 0.717) is 41.8 Å². The Morgan fingerprint density at radius 2 is 1.90 bits per heavy atom. The molecule has 31 heavy (non-hydrogen) atoms. The number of halogens is 1. The molecule has 9 heteroatoms. The highest BCUT2D eigenvalue weighted by atomic mass is 32.2. The van der Waals surface area contributed by atoms with Crippen LogP contribution in [0.4, 0.5) is 4.39 Å². The molecule has 0 bridgehead atoms. The quantitative estimate of drug-likeness (QED) is 0.429. The molecule has 0 aliphatic carbocycles. The van der Waals surface area contributed by atoms with Crippen LogP contribution in [0.25, 0.3) is 11.5 Å². The molecule has 2 N–H and O–H groups in total. The minimum atomic E-state index is -3.23. The number of sulfone groups is 1. The third-order valence-electron chi connectivity index (χ3n) is 4.64. The Morgan fingerprint density at radius 3 is 2.55 bits per heavy atom. The summed E-state index contributed by atoms with van der Waals surface area (Å²) in [4.78, 5) is 8.96. The van der Waals surface area contributed by atoms with Gasteiger partial charge in [-0.1, -0.05) is 12.1 Å². The number of oxazole rings is 1. The van der Waals surface area contributed by atoms with E-state index in [2.05, 4.69) is 20.6 Å². The summed E-state index contributed by atoms with van der Waals surface area (Å²) in [5, 5.41) is 6.41. The van der Waals surface area contributed by atoms with Gasteiger partial charge in [0, 0.05) is 38.4 Å². The third-order valence-corrected chi connectivity index (χ3v) is 5.90. The number of rotatable bonds is 7. The van der Waals surface area contributed by atoms with Gasteiger partial charge < -0.3 is 15.1 Å². The number of benzene rings is 2. The van der Waals surface area contributed by atoms with Crippen molar-refractivity contribution >= 4 is 15.8 Å². The summed E-state index contributed by atoms with van der Waals surface area (Å²) in [6, 6.07) is 11.2. The number of guanidine groups is 1. The SMILES string of the molecule is CN=C(NCCc1coc(-c2ccc(F)cc2)n1)NCc1ccc(S(C)(=O)=O)c(C)c1. The molecule has 0 amide bonds. The van der Waals surface area contributed by atoms with E-state index in [9.17, 15) is 12.8 Å². The molecule has 0 fully saturated rings. The molecule has 0 saturated heterocycles. The zero-order valence-corrected chi connectivity index (χ0v) is 18.5. The van der Waals surface area contributed by atoms with Crippen molar-refractivity contribution in [1.29, 1.82) is 0 Å². The average molecular weight is 445 g/mol. The predicted octanol–water partition coefficient (Wildman–Crippen LogP) is 3.10. The van der Waals surface area contributed by atoms with Crippen LogP contribution in [-0.2, 0) is 22.8 Å². The molecule has 7 nitrogen and oxygen atoms in total. The lowest BCUT2D eigenvalue weighted by molar-refractivity contribution is 0.571. The number of hydrogen-bond acceptors (Lipinski definition) is 5. The molecule has 1 aromatic heterocycles. The second-order valence-electron chi connectivity index (χ2n) is 7.13. The summed E-state index contributed by atoms with van der Waals surface area (Å²) < 4.78 is 42.0. The minimum Gasteiger partial charge on any atom is -0.444 e. The third kappa shape index (κ3) is 6.14. The van der Waals surface area contributed by atoms with Crippen molar-refractivity contribution in [2.45, 2.75) is 24.8 Å². The van der Waals surface area contributed by atoms with Gasteiger partial charge >= 0.3 is 0 Å². The van der Waals surface area contributed by atoms with Crippen LogP contribution >= 0.6 is 0 Å². The van der Waals surface area contributed by atoms with E-state index in [-0.39, 0.29) is 5.82 Å². The van der Waals surface area contributed by atoms with E-state index in [1.165, 1.54) is 18.4 Å². The van der Waals surface area contributed by atoms with Crippen molar-refractivity contribution in [1.82, 2.24) is 15.6 Å². The Hall–Kier alpha value is -3.20. The van der Waals surface area contributed by atoms with Crippen LogP contribution in [0.5, 0.6) is 0 Å². The lowest BCUT2D eigenvalue weighted by atomic mass is 10.1. The van der Waals surface area contributed by atoms with Crippen LogP contribution in [-0.4, -0.2) is 39.2 Å². The Labute approximate surface area is 181 Å². The Balaban J connectivity index is 1.50. The average Bonchev–Trinajstić information content (AvgIpc) is 3.19. The first-order valence-corrected chi connectivity index (χ1v) is 11.6. The number of aromatic nitrogens is 1. The Bertz CT molecular complexity index is 1170. The highest BCUT2D eigenvalue weighted by Gasteiger charge is 2.11. The molecular weight excluding hydrogens is 419 g/mol. The van der Waals surface area contributed by atoms with Crippen LogP contribution in [0, 0.1) is 12.7 Å². The molecule has 0 aliphatic rings. The zero-order valence-electron chi connectivity index (χ0n) is 17.6. The number of nitrogens with zero attached hydrogens (tertiary/aromatic N) is 2. The minimum absolute atomic E-state index is 0.305. The molecule has 1 heterocycles. The van der Waals surface area contributed by atoms with Crippen molar-refractivity contribution in [2.24, 2.45) is 4.99 Å². The summed E-state index contributed by atoms with van der Waals surface area (Å²) in [5.74, 6) is 0.762. The lowest BCUT2D eigenvalue weighted by Gasteiger charge is -2.12. The fourth-order valence-corrected chi connectivity index (χ4v) is 4.06. The largest absolute Gasteiger partial charge is 0.444 e. The number of aryl methyl sites for hydroxylation is 1. The summed E-state index contributed by atoms with van der Waals surface area (Å²) >= 11 is 0. The first-order valence-electron chi connectivity index (χ1n) is 9.70. The molecule has 2 aromatic carbocycles. The zero-order chi connectivity index (χ0) is 22.4. The highest BCUT2D eigenvalue weighted by Crippen LogP contribution is 2.19. The normalized spacial score (nSPS) is 12.1. The second-order valence-corrected chi connectivity index (χ2v) is 9.11. The van der Waals surface area contributed by atoms with Crippen LogP contribution in [0.1, 0.15) is 16.8 Å². The van der Waals surface area contributed by atoms with Gasteiger partial charge in [-0.3, -0.25) is 4.99 Å². The molecule has 0 aliphatic heterocycles. The standard InChI is InChI=1S/C22H25FN4O3S/c1-15-12-16(4-9-20(15)31(3,28)29)13-26-22(24-2)25-11-10-19-14-30-21(27-19)17-5-7-18(23)8-6-17/h4-9,12,14H,10-11,13H2,1-3H3,(H2,24,25,26). The maximum atomic E-state index is 13.0. The molecule has 3 rings (SSSR count). The second kappa shape index (κ2) is 9.74. The topological polar surface area (TPSA) is 96.6 Å². The number of hydrogen-bond donors (Lipinski definition) is 2. The van der Waals surface area contributed by atoms with E-state index in [0.717, 1.165) is 16.8 Å². The smallest absolute Gasteiger partial charge is 0.226 e. The van der Waals surface area contributed by atoms with Gasteiger partial charge in [-0.2, -0.15) is 0 Å². The molecule has 0 radical (unpaired) electrons. The van der Waals surface area contributed by atoms with E-state index in [1.807, 2.05) is 6.07 Å². The van der Waals surface area contributed by atoms with E-state index < -0.39 is 9.84 Å². The molecule has 0 saturated carbocycles. The molecular formula is C22H25FN4O3S. The van der Waals surface area contributed by atoms with Gasteiger partial charge in [-0.15, -0.1) is 0 Å². The van der Waals surface area contributed by atoms with Gasteiger partial charge in [0.25, 0.3) is 0 Å². The molecule has 164 valence electrons. The Kier molecular flexibility index (Phi) is 7.06. The van der Waals surface area contributed by atoms with E-state index in [4.69, 9.17) is 4.42 Å².